The third-order valence-electron chi connectivity index (χ3n) is 3.02. The topological polar surface area (TPSA) is 55.8 Å². The third-order valence-corrected chi connectivity index (χ3v) is 3.02. The molecule has 1 N–H and O–H groups in total. The number of benzene rings is 2. The summed E-state index contributed by atoms with van der Waals surface area (Å²) in [7, 11) is 0. The van der Waals surface area contributed by atoms with E-state index in [-0.39, 0.29) is 18.3 Å². The highest BCUT2D eigenvalue weighted by Crippen LogP contribution is 2.42. The zero-order chi connectivity index (χ0) is 13.9. The van der Waals surface area contributed by atoms with Gasteiger partial charge in [-0.3, -0.25) is 4.79 Å². The summed E-state index contributed by atoms with van der Waals surface area (Å²) in [6.45, 7) is 0.0962. The molecule has 0 saturated heterocycles. The predicted molar refractivity (Wildman–Crippen MR) is 74.0 cm³/mol. The molecule has 0 unspecified atom stereocenters. The summed E-state index contributed by atoms with van der Waals surface area (Å²) in [4.78, 5) is 11.9. The fraction of sp³-hybridized carbons (Fsp3) is 0.0625. The molecule has 2 aromatic carbocycles. The molecule has 0 spiro atoms. The lowest BCUT2D eigenvalue weighted by atomic mass is 10.1. The molecule has 0 bridgehead atoms. The molecular weight excluding hydrogens is 256 g/mol. The van der Waals surface area contributed by atoms with E-state index in [2.05, 4.69) is 0 Å². The highest BCUT2D eigenvalue weighted by Gasteiger charge is 2.19. The largest absolute Gasteiger partial charge is 0.504 e. The molecule has 20 heavy (non-hydrogen) atoms. The molecule has 1 heterocycles. The van der Waals surface area contributed by atoms with Gasteiger partial charge in [-0.2, -0.15) is 0 Å². The number of allylic oxidation sites excluding steroid dienone is 1. The first kappa shape index (κ1) is 12.3. The maximum atomic E-state index is 11.9. The molecule has 0 amide bonds. The minimum atomic E-state index is -0.123. The zero-order valence-electron chi connectivity index (χ0n) is 10.6. The quantitative estimate of drug-likeness (QED) is 0.686. The van der Waals surface area contributed by atoms with Crippen LogP contribution in [0.3, 0.4) is 0 Å². The van der Waals surface area contributed by atoms with Crippen LogP contribution in [0.2, 0.25) is 0 Å². The van der Waals surface area contributed by atoms with Crippen molar-refractivity contribution in [1.82, 2.24) is 0 Å². The standard InChI is InChI=1S/C16H12O4/c17-13(11-4-2-1-3-5-11)8-6-12-7-9-14-16(15(12)18)20-10-19-14/h1-9,18H,10H2. The summed E-state index contributed by atoms with van der Waals surface area (Å²) in [5, 5.41) is 10.0. The molecule has 1 aliphatic heterocycles. The average Bonchev–Trinajstić information content (AvgIpc) is 2.96. The molecule has 2 aromatic rings. The maximum absolute atomic E-state index is 11.9. The van der Waals surface area contributed by atoms with Crippen LogP contribution < -0.4 is 9.47 Å². The van der Waals surface area contributed by atoms with Crippen LogP contribution in [-0.2, 0) is 0 Å². The van der Waals surface area contributed by atoms with Crippen LogP contribution >= 0.6 is 0 Å². The summed E-state index contributed by atoms with van der Waals surface area (Å²) in [6.07, 6.45) is 2.99. The van der Waals surface area contributed by atoms with Crippen molar-refractivity contribution >= 4 is 11.9 Å². The van der Waals surface area contributed by atoms with Crippen molar-refractivity contribution in [3.05, 3.63) is 59.7 Å². The molecule has 0 saturated carbocycles. The second-order valence-electron chi connectivity index (χ2n) is 4.30. The Labute approximate surface area is 115 Å². The number of carbonyl (C=O) groups excluding carboxylic acids is 1. The number of aromatic hydroxyl groups is 1. The lowest BCUT2D eigenvalue weighted by molar-refractivity contribution is 0.104. The van der Waals surface area contributed by atoms with E-state index in [9.17, 15) is 9.90 Å². The molecule has 0 aromatic heterocycles. The molecule has 0 aliphatic carbocycles. The minimum Gasteiger partial charge on any atom is -0.504 e. The number of phenolic OH excluding ortho intramolecular Hbond substituents is 1. The van der Waals surface area contributed by atoms with Crippen LogP contribution in [0.15, 0.2) is 48.5 Å². The lowest BCUT2D eigenvalue weighted by Crippen LogP contribution is -1.93. The number of hydrogen-bond donors (Lipinski definition) is 1. The Balaban J connectivity index is 1.85. The third kappa shape index (κ3) is 2.23. The first-order valence-electron chi connectivity index (χ1n) is 6.15. The summed E-state index contributed by atoms with van der Waals surface area (Å²) < 4.78 is 10.3. The number of carbonyl (C=O) groups is 1. The minimum absolute atomic E-state index is 0.0166. The number of fused-ring (bicyclic) bond motifs is 1. The van der Waals surface area contributed by atoms with Crippen molar-refractivity contribution in [3.63, 3.8) is 0 Å². The Kier molecular flexibility index (Phi) is 3.13. The molecule has 4 heteroatoms. The first-order chi connectivity index (χ1) is 9.75. The van der Waals surface area contributed by atoms with Gasteiger partial charge in [-0.15, -0.1) is 0 Å². The number of ketones is 1. The summed E-state index contributed by atoms with van der Waals surface area (Å²) >= 11 is 0. The SMILES string of the molecule is O=C(C=Cc1ccc2c(c1O)OCO2)c1ccccc1. The van der Waals surface area contributed by atoms with E-state index < -0.39 is 0 Å². The van der Waals surface area contributed by atoms with Crippen molar-refractivity contribution < 1.29 is 19.4 Å². The van der Waals surface area contributed by atoms with E-state index in [1.54, 1.807) is 42.5 Å². The Morgan fingerprint density at radius 1 is 1.10 bits per heavy atom. The van der Waals surface area contributed by atoms with E-state index in [4.69, 9.17) is 9.47 Å². The molecular formula is C16H12O4. The predicted octanol–water partition coefficient (Wildman–Crippen LogP) is 3.02. The van der Waals surface area contributed by atoms with E-state index in [1.165, 1.54) is 6.08 Å². The summed E-state index contributed by atoms with van der Waals surface area (Å²) in [6, 6.07) is 12.3. The smallest absolute Gasteiger partial charge is 0.231 e. The zero-order valence-corrected chi connectivity index (χ0v) is 10.6. The van der Waals surface area contributed by atoms with E-state index in [0.29, 0.717) is 22.6 Å². The van der Waals surface area contributed by atoms with Crippen LogP contribution in [-0.4, -0.2) is 17.7 Å². The fourth-order valence-corrected chi connectivity index (χ4v) is 1.97. The van der Waals surface area contributed by atoms with Gasteiger partial charge < -0.3 is 14.6 Å². The van der Waals surface area contributed by atoms with Gasteiger partial charge in [-0.05, 0) is 24.3 Å². The summed E-state index contributed by atoms with van der Waals surface area (Å²) in [5.74, 6) is 0.688. The molecule has 0 radical (unpaired) electrons. The molecule has 3 rings (SSSR count). The monoisotopic (exact) mass is 268 g/mol. The van der Waals surface area contributed by atoms with Crippen LogP contribution in [0.4, 0.5) is 0 Å². The Bertz CT molecular complexity index is 674. The second-order valence-corrected chi connectivity index (χ2v) is 4.30. The van der Waals surface area contributed by atoms with Crippen molar-refractivity contribution in [3.8, 4) is 17.2 Å². The maximum Gasteiger partial charge on any atom is 0.231 e. The van der Waals surface area contributed by atoms with Gasteiger partial charge in [0.2, 0.25) is 12.5 Å². The van der Waals surface area contributed by atoms with Gasteiger partial charge >= 0.3 is 0 Å². The van der Waals surface area contributed by atoms with Gasteiger partial charge in [-0.1, -0.05) is 30.3 Å². The number of ether oxygens (including phenoxy) is 2. The van der Waals surface area contributed by atoms with Gasteiger partial charge in [0, 0.05) is 11.1 Å². The normalized spacial score (nSPS) is 12.8. The van der Waals surface area contributed by atoms with Crippen LogP contribution in [0.25, 0.3) is 6.08 Å². The molecule has 1 aliphatic rings. The van der Waals surface area contributed by atoms with Crippen molar-refractivity contribution in [2.45, 2.75) is 0 Å². The number of rotatable bonds is 3. The average molecular weight is 268 g/mol. The van der Waals surface area contributed by atoms with E-state index >= 15 is 0 Å². The van der Waals surface area contributed by atoms with Crippen molar-refractivity contribution in [2.75, 3.05) is 6.79 Å². The van der Waals surface area contributed by atoms with Crippen molar-refractivity contribution in [2.24, 2.45) is 0 Å². The molecule has 0 atom stereocenters. The molecule has 100 valence electrons. The summed E-state index contributed by atoms with van der Waals surface area (Å²) in [5.41, 5.74) is 1.11. The number of phenols is 1. The van der Waals surface area contributed by atoms with E-state index in [0.717, 1.165) is 0 Å². The van der Waals surface area contributed by atoms with Gasteiger partial charge in [0.1, 0.15) is 0 Å². The van der Waals surface area contributed by atoms with E-state index in [1.807, 2.05) is 6.07 Å². The van der Waals surface area contributed by atoms with Crippen LogP contribution in [0.1, 0.15) is 15.9 Å². The lowest BCUT2D eigenvalue weighted by Gasteiger charge is -2.03. The molecule has 4 nitrogen and oxygen atoms in total. The van der Waals surface area contributed by atoms with Crippen LogP contribution in [0.5, 0.6) is 17.2 Å². The molecule has 0 fully saturated rings. The fourth-order valence-electron chi connectivity index (χ4n) is 1.97. The Morgan fingerprint density at radius 2 is 1.90 bits per heavy atom. The number of hydrogen-bond acceptors (Lipinski definition) is 4. The van der Waals surface area contributed by atoms with Crippen molar-refractivity contribution in [1.29, 1.82) is 0 Å². The van der Waals surface area contributed by atoms with Crippen LogP contribution in [0, 0.1) is 0 Å². The highest BCUT2D eigenvalue weighted by atomic mass is 16.7. The van der Waals surface area contributed by atoms with Gasteiger partial charge in [0.05, 0.1) is 0 Å². The van der Waals surface area contributed by atoms with Gasteiger partial charge in [0.15, 0.2) is 17.3 Å². The van der Waals surface area contributed by atoms with Gasteiger partial charge in [0.25, 0.3) is 0 Å². The second kappa shape index (κ2) is 5.09. The Morgan fingerprint density at radius 3 is 2.70 bits per heavy atom. The first-order valence-corrected chi connectivity index (χ1v) is 6.15. The Hall–Kier alpha value is -2.75. The highest BCUT2D eigenvalue weighted by molar-refractivity contribution is 6.06. The van der Waals surface area contributed by atoms with Gasteiger partial charge in [-0.25, -0.2) is 0 Å².